The Morgan fingerprint density at radius 1 is 1.15 bits per heavy atom. The molecule has 0 saturated carbocycles. The molecule has 26 heavy (non-hydrogen) atoms. The lowest BCUT2D eigenvalue weighted by Crippen LogP contribution is -2.42. The lowest BCUT2D eigenvalue weighted by Gasteiger charge is -2.38. The van der Waals surface area contributed by atoms with Gasteiger partial charge in [-0.25, -0.2) is 4.79 Å². The van der Waals surface area contributed by atoms with Gasteiger partial charge in [-0.05, 0) is 42.3 Å². The first-order chi connectivity index (χ1) is 12.4. The topological polar surface area (TPSA) is 81.9 Å². The van der Waals surface area contributed by atoms with Gasteiger partial charge in [0.25, 0.3) is 0 Å². The first-order valence-corrected chi connectivity index (χ1v) is 8.45. The number of anilines is 1. The maximum absolute atomic E-state index is 12.1. The van der Waals surface area contributed by atoms with Crippen LogP contribution in [0.3, 0.4) is 0 Å². The van der Waals surface area contributed by atoms with E-state index in [1.54, 1.807) is 12.0 Å². The Labute approximate surface area is 152 Å². The summed E-state index contributed by atoms with van der Waals surface area (Å²) in [6.45, 7) is 3.46. The number of hydrogen-bond donors (Lipinski definition) is 1. The minimum atomic E-state index is -0.823. The highest BCUT2D eigenvalue weighted by molar-refractivity contribution is 5.94. The zero-order valence-electron chi connectivity index (χ0n) is 15.1. The Morgan fingerprint density at radius 2 is 1.88 bits per heavy atom. The number of benzene rings is 2. The Balaban J connectivity index is 2.10. The van der Waals surface area contributed by atoms with Crippen molar-refractivity contribution in [1.29, 1.82) is 0 Å². The van der Waals surface area contributed by atoms with E-state index >= 15 is 0 Å². The zero-order chi connectivity index (χ0) is 18.8. The molecule has 0 spiro atoms. The van der Waals surface area contributed by atoms with Crippen molar-refractivity contribution < 1.29 is 19.1 Å². The highest BCUT2D eigenvalue weighted by Gasteiger charge is 2.34. The van der Waals surface area contributed by atoms with E-state index in [1.165, 1.54) is 6.92 Å². The van der Waals surface area contributed by atoms with Gasteiger partial charge in [-0.15, -0.1) is 0 Å². The van der Waals surface area contributed by atoms with Crippen LogP contribution in [0.25, 0.3) is 11.1 Å². The van der Waals surface area contributed by atoms with Crippen LogP contribution in [0, 0.1) is 0 Å². The lowest BCUT2D eigenvalue weighted by molar-refractivity contribution is -0.117. The van der Waals surface area contributed by atoms with E-state index < -0.39 is 12.2 Å². The molecule has 0 bridgehead atoms. The zero-order valence-corrected chi connectivity index (χ0v) is 15.1. The molecule has 0 unspecified atom stereocenters. The number of hydrogen-bond acceptors (Lipinski definition) is 4. The number of nitrogens with zero attached hydrogens (tertiary/aromatic N) is 1. The van der Waals surface area contributed by atoms with Crippen molar-refractivity contribution in [3.63, 3.8) is 0 Å². The standard InChI is InChI=1S/C20H22N2O4/c1-12-9-19(26-20(21)24)17-11-15(7-8-18(17)22(12)13(2)23)14-5-4-6-16(10-14)25-3/h4-8,10-12,19H,9H2,1-3H3,(H2,21,24)/t12-,19+/m0/s1. The average Bonchev–Trinajstić information content (AvgIpc) is 2.60. The molecule has 6 heteroatoms. The Kier molecular flexibility index (Phi) is 4.84. The second kappa shape index (κ2) is 7.07. The van der Waals surface area contributed by atoms with Crippen LogP contribution in [-0.2, 0) is 9.53 Å². The second-order valence-electron chi connectivity index (χ2n) is 6.40. The van der Waals surface area contributed by atoms with Gasteiger partial charge in [0.2, 0.25) is 5.91 Å². The van der Waals surface area contributed by atoms with Crippen LogP contribution in [0.4, 0.5) is 10.5 Å². The number of nitrogens with two attached hydrogens (primary N) is 1. The lowest BCUT2D eigenvalue weighted by atomic mass is 9.90. The number of carbonyl (C=O) groups is 2. The summed E-state index contributed by atoms with van der Waals surface area (Å²) in [5.74, 6) is 0.703. The van der Waals surface area contributed by atoms with Gasteiger partial charge in [0, 0.05) is 24.9 Å². The maximum atomic E-state index is 12.1. The van der Waals surface area contributed by atoms with Crippen molar-refractivity contribution in [3.05, 3.63) is 48.0 Å². The molecule has 2 aromatic carbocycles. The monoisotopic (exact) mass is 354 g/mol. The van der Waals surface area contributed by atoms with Crippen molar-refractivity contribution >= 4 is 17.7 Å². The highest BCUT2D eigenvalue weighted by atomic mass is 16.6. The van der Waals surface area contributed by atoms with Crippen LogP contribution in [0.5, 0.6) is 5.75 Å². The molecule has 6 nitrogen and oxygen atoms in total. The number of rotatable bonds is 3. The van der Waals surface area contributed by atoms with E-state index in [4.69, 9.17) is 15.2 Å². The summed E-state index contributed by atoms with van der Waals surface area (Å²) in [6.07, 6.45) is -0.813. The van der Waals surface area contributed by atoms with E-state index in [-0.39, 0.29) is 11.9 Å². The van der Waals surface area contributed by atoms with Crippen molar-refractivity contribution in [2.45, 2.75) is 32.4 Å². The summed E-state index contributed by atoms with van der Waals surface area (Å²) in [7, 11) is 1.62. The van der Waals surface area contributed by atoms with Crippen molar-refractivity contribution in [2.24, 2.45) is 5.73 Å². The largest absolute Gasteiger partial charge is 0.497 e. The molecule has 2 amide bonds. The van der Waals surface area contributed by atoms with Gasteiger partial charge in [-0.3, -0.25) is 4.79 Å². The predicted molar refractivity (Wildman–Crippen MR) is 99.1 cm³/mol. The molecule has 0 radical (unpaired) electrons. The maximum Gasteiger partial charge on any atom is 0.405 e. The number of carbonyl (C=O) groups excluding carboxylic acids is 2. The van der Waals surface area contributed by atoms with Gasteiger partial charge in [0.15, 0.2) is 0 Å². The van der Waals surface area contributed by atoms with Crippen LogP contribution < -0.4 is 15.4 Å². The van der Waals surface area contributed by atoms with Gasteiger partial charge in [0.05, 0.1) is 12.8 Å². The molecule has 2 atom stereocenters. The Morgan fingerprint density at radius 3 is 2.54 bits per heavy atom. The Bertz CT molecular complexity index is 849. The van der Waals surface area contributed by atoms with Crippen molar-refractivity contribution in [2.75, 3.05) is 12.0 Å². The molecule has 0 saturated heterocycles. The molecule has 1 heterocycles. The normalized spacial score (nSPS) is 18.8. The fourth-order valence-corrected chi connectivity index (χ4v) is 3.53. The molecule has 0 aliphatic carbocycles. The van der Waals surface area contributed by atoms with Crippen LogP contribution in [0.1, 0.15) is 31.9 Å². The number of methoxy groups -OCH3 is 1. The molecule has 1 aliphatic rings. The molecule has 2 aromatic rings. The molecular weight excluding hydrogens is 332 g/mol. The van der Waals surface area contributed by atoms with Crippen LogP contribution in [-0.4, -0.2) is 25.2 Å². The number of primary amides is 1. The summed E-state index contributed by atoms with van der Waals surface area (Å²) in [6, 6.07) is 13.4. The van der Waals surface area contributed by atoms with E-state index in [1.807, 2.05) is 49.4 Å². The third kappa shape index (κ3) is 3.35. The smallest absolute Gasteiger partial charge is 0.405 e. The van der Waals surface area contributed by atoms with Gasteiger partial charge < -0.3 is 20.1 Å². The Hall–Kier alpha value is -3.02. The summed E-state index contributed by atoms with van der Waals surface area (Å²) >= 11 is 0. The van der Waals surface area contributed by atoms with Crippen molar-refractivity contribution in [3.8, 4) is 16.9 Å². The first kappa shape index (κ1) is 17.8. The van der Waals surface area contributed by atoms with E-state index in [0.29, 0.717) is 6.42 Å². The molecule has 1 aliphatic heterocycles. The SMILES string of the molecule is COc1cccc(-c2ccc3c(c2)[C@H](OC(N)=O)C[C@H](C)N3C(C)=O)c1. The molecule has 2 N–H and O–H groups in total. The van der Waals surface area contributed by atoms with Gasteiger partial charge in [-0.2, -0.15) is 0 Å². The highest BCUT2D eigenvalue weighted by Crippen LogP contribution is 2.41. The number of fused-ring (bicyclic) bond motifs is 1. The van der Waals surface area contributed by atoms with Crippen LogP contribution >= 0.6 is 0 Å². The molecule has 136 valence electrons. The third-order valence-electron chi connectivity index (χ3n) is 4.63. The van der Waals surface area contributed by atoms with Crippen LogP contribution in [0.2, 0.25) is 0 Å². The first-order valence-electron chi connectivity index (χ1n) is 8.45. The van der Waals surface area contributed by atoms with Crippen molar-refractivity contribution in [1.82, 2.24) is 0 Å². The molecule has 3 rings (SSSR count). The van der Waals surface area contributed by atoms with Crippen LogP contribution in [0.15, 0.2) is 42.5 Å². The summed E-state index contributed by atoms with van der Waals surface area (Å²) in [5.41, 5.74) is 8.68. The summed E-state index contributed by atoms with van der Waals surface area (Å²) in [4.78, 5) is 25.2. The van der Waals surface area contributed by atoms with E-state index in [2.05, 4.69) is 0 Å². The van der Waals surface area contributed by atoms with Gasteiger partial charge in [-0.1, -0.05) is 18.2 Å². The van der Waals surface area contributed by atoms with Gasteiger partial charge >= 0.3 is 6.09 Å². The summed E-state index contributed by atoms with van der Waals surface area (Å²) < 4.78 is 10.6. The fourth-order valence-electron chi connectivity index (χ4n) is 3.53. The third-order valence-corrected chi connectivity index (χ3v) is 4.63. The van der Waals surface area contributed by atoms with Gasteiger partial charge in [0.1, 0.15) is 11.9 Å². The van der Waals surface area contributed by atoms with E-state index in [9.17, 15) is 9.59 Å². The quantitative estimate of drug-likeness (QED) is 0.912. The second-order valence-corrected chi connectivity index (χ2v) is 6.40. The minimum absolute atomic E-state index is 0.0506. The molecule has 0 fully saturated rings. The van der Waals surface area contributed by atoms with E-state index in [0.717, 1.165) is 28.1 Å². The summed E-state index contributed by atoms with van der Waals surface area (Å²) in [5, 5.41) is 0. The number of ether oxygens (including phenoxy) is 2. The predicted octanol–water partition coefficient (Wildman–Crippen LogP) is 3.64. The fraction of sp³-hybridized carbons (Fsp3) is 0.300. The molecular formula is C20H22N2O4. The molecule has 0 aromatic heterocycles. The minimum Gasteiger partial charge on any atom is -0.497 e. The average molecular weight is 354 g/mol. The number of amides is 2.